The summed E-state index contributed by atoms with van der Waals surface area (Å²) in [6, 6.07) is 3.72. The van der Waals surface area contributed by atoms with E-state index in [1.165, 1.54) is 11.3 Å². The number of ketones is 1. The topological polar surface area (TPSA) is 70.5 Å². The summed E-state index contributed by atoms with van der Waals surface area (Å²) in [4.78, 5) is 17.3. The molecule has 0 aliphatic heterocycles. The van der Waals surface area contributed by atoms with Gasteiger partial charge in [0.25, 0.3) is 5.65 Å². The van der Waals surface area contributed by atoms with E-state index < -0.39 is 0 Å². The molecule has 0 N–H and O–H groups in total. The van der Waals surface area contributed by atoms with Crippen molar-refractivity contribution < 1.29 is 19.2 Å². The lowest BCUT2D eigenvalue weighted by Gasteiger charge is -2.06. The molecule has 0 aliphatic carbocycles. The zero-order chi connectivity index (χ0) is 17.3. The maximum absolute atomic E-state index is 12.9. The minimum atomic E-state index is -0.335. The second kappa shape index (κ2) is 6.88. The van der Waals surface area contributed by atoms with E-state index in [0.717, 1.165) is 10.4 Å². The molecule has 126 valence electrons. The Morgan fingerprint density at radius 2 is 2.33 bits per heavy atom. The lowest BCUT2D eigenvalue weighted by molar-refractivity contribution is -0.704. The van der Waals surface area contributed by atoms with Crippen molar-refractivity contribution in [1.82, 2.24) is 9.38 Å². The number of pyridine rings is 1. The second-order valence-corrected chi connectivity index (χ2v) is 6.96. The average molecular weight is 366 g/mol. The lowest BCUT2D eigenvalue weighted by Crippen LogP contribution is -2.37. The van der Waals surface area contributed by atoms with Gasteiger partial charge in [0.2, 0.25) is 11.5 Å². The van der Waals surface area contributed by atoms with Gasteiger partial charge in [-0.25, -0.2) is 9.55 Å². The highest BCUT2D eigenvalue weighted by Crippen LogP contribution is 2.22. The van der Waals surface area contributed by atoms with E-state index in [4.69, 9.17) is 16.3 Å². The third-order valence-corrected chi connectivity index (χ3v) is 4.75. The summed E-state index contributed by atoms with van der Waals surface area (Å²) in [5, 5.41) is 12.9. The Morgan fingerprint density at radius 3 is 3.00 bits per heavy atom. The highest BCUT2D eigenvalue weighted by atomic mass is 35.5. The molecule has 0 unspecified atom stereocenters. The summed E-state index contributed by atoms with van der Waals surface area (Å²) < 4.78 is 8.82. The van der Waals surface area contributed by atoms with Gasteiger partial charge in [-0.15, -0.1) is 11.3 Å². The van der Waals surface area contributed by atoms with Gasteiger partial charge in [0, 0.05) is 18.4 Å². The monoisotopic (exact) mass is 365 g/mol. The first-order chi connectivity index (χ1) is 11.5. The Hall–Kier alpha value is -1.96. The van der Waals surface area contributed by atoms with Crippen LogP contribution in [0.2, 0.25) is 4.47 Å². The van der Waals surface area contributed by atoms with Crippen molar-refractivity contribution in [3.8, 4) is 5.88 Å². The number of hydrogen-bond acceptors (Lipinski definition) is 5. The number of halogens is 1. The molecule has 0 amide bonds. The Morgan fingerprint density at radius 1 is 1.54 bits per heavy atom. The minimum absolute atomic E-state index is 0.109. The van der Waals surface area contributed by atoms with Crippen LogP contribution >= 0.6 is 22.9 Å². The van der Waals surface area contributed by atoms with Gasteiger partial charge in [-0.1, -0.05) is 11.6 Å². The van der Waals surface area contributed by atoms with Crippen LogP contribution in [-0.4, -0.2) is 28.4 Å². The fraction of sp³-hybridized carbons (Fsp3) is 0.312. The van der Waals surface area contributed by atoms with Crippen LogP contribution in [0.1, 0.15) is 27.9 Å². The fourth-order valence-corrected chi connectivity index (χ4v) is 3.60. The summed E-state index contributed by atoms with van der Waals surface area (Å²) in [6.45, 7) is 4.33. The molecule has 0 aromatic carbocycles. The minimum Gasteiger partial charge on any atom is -0.839 e. The maximum Gasteiger partial charge on any atom is 0.289 e. The van der Waals surface area contributed by atoms with Gasteiger partial charge in [0.15, 0.2) is 4.47 Å². The molecule has 24 heavy (non-hydrogen) atoms. The van der Waals surface area contributed by atoms with Crippen LogP contribution in [0.5, 0.6) is 5.88 Å². The standard InChI is InChI=1S/C16H16ClN3O3S/c1-3-23-9-12(21)13-15(22)20(8-11-7-18-16(17)24-11)14-10(2)5-4-6-19(13)14/h4-7H,3,8-9H2,1-2H3. The number of thiazole rings is 1. The van der Waals surface area contributed by atoms with Crippen molar-refractivity contribution in [3.05, 3.63) is 45.1 Å². The third-order valence-electron chi connectivity index (χ3n) is 3.65. The Balaban J connectivity index is 2.14. The lowest BCUT2D eigenvalue weighted by atomic mass is 10.3. The molecule has 0 aliphatic rings. The zero-order valence-corrected chi connectivity index (χ0v) is 14.9. The van der Waals surface area contributed by atoms with Crippen LogP contribution in [0.3, 0.4) is 0 Å². The summed E-state index contributed by atoms with van der Waals surface area (Å²) in [5.74, 6) is -0.665. The van der Waals surface area contributed by atoms with E-state index in [1.54, 1.807) is 28.3 Å². The van der Waals surface area contributed by atoms with E-state index in [0.29, 0.717) is 23.3 Å². The van der Waals surface area contributed by atoms with Crippen molar-refractivity contribution in [1.29, 1.82) is 0 Å². The second-order valence-electron chi connectivity index (χ2n) is 5.26. The zero-order valence-electron chi connectivity index (χ0n) is 13.3. The summed E-state index contributed by atoms with van der Waals surface area (Å²) in [7, 11) is 0. The van der Waals surface area contributed by atoms with Crippen LogP contribution in [-0.2, 0) is 11.3 Å². The number of aromatic nitrogens is 3. The third kappa shape index (κ3) is 3.02. The van der Waals surface area contributed by atoms with Gasteiger partial charge in [0.05, 0.1) is 11.1 Å². The predicted molar refractivity (Wildman–Crippen MR) is 88.8 cm³/mol. The van der Waals surface area contributed by atoms with Gasteiger partial charge < -0.3 is 9.84 Å². The van der Waals surface area contributed by atoms with Crippen molar-refractivity contribution in [2.75, 3.05) is 13.2 Å². The predicted octanol–water partition coefficient (Wildman–Crippen LogP) is 1.99. The Labute approximate surface area is 147 Å². The highest BCUT2D eigenvalue weighted by Gasteiger charge is 2.26. The maximum atomic E-state index is 12.9. The van der Waals surface area contributed by atoms with Gasteiger partial charge in [-0.3, -0.25) is 4.79 Å². The molecule has 0 fully saturated rings. The highest BCUT2D eigenvalue weighted by molar-refractivity contribution is 7.15. The molecule has 8 heteroatoms. The van der Waals surface area contributed by atoms with Gasteiger partial charge >= 0.3 is 0 Å². The van der Waals surface area contributed by atoms with Crippen molar-refractivity contribution in [2.24, 2.45) is 0 Å². The first-order valence-electron chi connectivity index (χ1n) is 7.44. The number of aryl methyl sites for hydroxylation is 1. The quantitative estimate of drug-likeness (QED) is 0.494. The number of carbonyl (C=O) groups excluding carboxylic acids is 1. The molecule has 3 rings (SSSR count). The molecule has 0 radical (unpaired) electrons. The van der Waals surface area contributed by atoms with Crippen molar-refractivity contribution in [2.45, 2.75) is 20.4 Å². The normalized spacial score (nSPS) is 11.3. The Kier molecular flexibility index (Phi) is 4.84. The number of carbonyl (C=O) groups is 1. The number of Topliss-reactive ketones (excluding diaryl/α,β-unsaturated/α-hetero) is 1. The van der Waals surface area contributed by atoms with Crippen LogP contribution in [0.15, 0.2) is 24.5 Å². The number of fused-ring (bicyclic) bond motifs is 1. The van der Waals surface area contributed by atoms with E-state index in [2.05, 4.69) is 4.98 Å². The molecule has 0 bridgehead atoms. The first kappa shape index (κ1) is 16.9. The van der Waals surface area contributed by atoms with E-state index in [1.807, 2.05) is 19.1 Å². The van der Waals surface area contributed by atoms with Gasteiger partial charge in [0.1, 0.15) is 19.0 Å². The van der Waals surface area contributed by atoms with Gasteiger partial charge in [-0.2, -0.15) is 4.40 Å². The molecule has 0 spiro atoms. The van der Waals surface area contributed by atoms with Crippen LogP contribution in [0.4, 0.5) is 0 Å². The van der Waals surface area contributed by atoms with Crippen LogP contribution in [0, 0.1) is 6.92 Å². The first-order valence-corrected chi connectivity index (χ1v) is 8.64. The Bertz CT molecular complexity index is 903. The number of imidazole rings is 1. The number of hydrogen-bond donors (Lipinski definition) is 0. The molecule has 3 aromatic heterocycles. The summed E-state index contributed by atoms with van der Waals surface area (Å²) in [5.41, 5.74) is 1.70. The molecule has 6 nitrogen and oxygen atoms in total. The fourth-order valence-electron chi connectivity index (χ4n) is 2.63. The SMILES string of the molecule is CCOCC(=O)c1c([O-])[n+](Cc2cnc(Cl)s2)c2c(C)cccn12. The van der Waals surface area contributed by atoms with E-state index >= 15 is 0 Å². The smallest absolute Gasteiger partial charge is 0.289 e. The number of nitrogens with zero attached hydrogens (tertiary/aromatic N) is 3. The number of rotatable bonds is 6. The van der Waals surface area contributed by atoms with Gasteiger partial charge in [-0.05, 0) is 26.0 Å². The van der Waals surface area contributed by atoms with E-state index in [9.17, 15) is 9.90 Å². The molecule has 0 saturated carbocycles. The summed E-state index contributed by atoms with van der Waals surface area (Å²) in [6.07, 6.45) is 3.36. The molecule has 0 saturated heterocycles. The average Bonchev–Trinajstić information content (AvgIpc) is 3.08. The van der Waals surface area contributed by atoms with Crippen LogP contribution < -0.4 is 9.67 Å². The molecular weight excluding hydrogens is 350 g/mol. The van der Waals surface area contributed by atoms with Crippen molar-refractivity contribution >= 4 is 34.4 Å². The molecular formula is C16H16ClN3O3S. The molecule has 3 aromatic rings. The molecule has 0 atom stereocenters. The number of ether oxygens (including phenoxy) is 1. The summed E-state index contributed by atoms with van der Waals surface area (Å²) >= 11 is 7.19. The van der Waals surface area contributed by atoms with Crippen LogP contribution in [0.25, 0.3) is 5.65 Å². The van der Waals surface area contributed by atoms with E-state index in [-0.39, 0.29) is 24.0 Å². The van der Waals surface area contributed by atoms with Crippen molar-refractivity contribution in [3.63, 3.8) is 0 Å². The molecule has 3 heterocycles. The largest absolute Gasteiger partial charge is 0.839 e.